The second-order valence-electron chi connectivity index (χ2n) is 5.11. The van der Waals surface area contributed by atoms with Gasteiger partial charge in [-0.2, -0.15) is 0 Å². The number of nitrogens with zero attached hydrogens (tertiary/aromatic N) is 1. The van der Waals surface area contributed by atoms with Crippen LogP contribution in [0.15, 0.2) is 51.6 Å². The van der Waals surface area contributed by atoms with Crippen LogP contribution in [0.1, 0.15) is 5.76 Å². The molecule has 1 amide bonds. The van der Waals surface area contributed by atoms with E-state index >= 15 is 0 Å². The molecule has 1 aromatic carbocycles. The molecule has 120 valence electrons. The summed E-state index contributed by atoms with van der Waals surface area (Å²) in [7, 11) is 0. The van der Waals surface area contributed by atoms with Crippen LogP contribution in [-0.4, -0.2) is 32.2 Å². The van der Waals surface area contributed by atoms with Gasteiger partial charge in [-0.3, -0.25) is 4.79 Å². The van der Waals surface area contributed by atoms with Crippen LogP contribution < -0.4 is 10.2 Å². The largest absolute Gasteiger partial charge is 0.450 e. The first-order valence-corrected chi connectivity index (χ1v) is 8.17. The summed E-state index contributed by atoms with van der Waals surface area (Å²) in [5, 5.41) is 2.83. The zero-order valence-corrected chi connectivity index (χ0v) is 14.1. The van der Waals surface area contributed by atoms with E-state index < -0.39 is 0 Å². The molecule has 0 bridgehead atoms. The van der Waals surface area contributed by atoms with Crippen molar-refractivity contribution in [1.29, 1.82) is 0 Å². The molecule has 0 aliphatic carbocycles. The van der Waals surface area contributed by atoms with Gasteiger partial charge in [-0.1, -0.05) is 0 Å². The Kier molecular flexibility index (Phi) is 5.15. The van der Waals surface area contributed by atoms with Crippen molar-refractivity contribution >= 4 is 39.3 Å². The summed E-state index contributed by atoms with van der Waals surface area (Å²) in [5.41, 5.74) is 1.90. The lowest BCUT2D eigenvalue weighted by Crippen LogP contribution is -2.36. The third-order valence-electron chi connectivity index (χ3n) is 3.50. The number of morpholine rings is 1. The summed E-state index contributed by atoms with van der Waals surface area (Å²) in [5.74, 6) is 0.423. The number of carbonyl (C=O) groups is 1. The van der Waals surface area contributed by atoms with Gasteiger partial charge in [0.1, 0.15) is 5.76 Å². The second kappa shape index (κ2) is 7.48. The highest BCUT2D eigenvalue weighted by molar-refractivity contribution is 9.10. The highest BCUT2D eigenvalue weighted by atomic mass is 79.9. The lowest BCUT2D eigenvalue weighted by atomic mass is 10.2. The van der Waals surface area contributed by atoms with E-state index in [1.807, 2.05) is 24.3 Å². The molecule has 1 fully saturated rings. The molecule has 3 rings (SSSR count). The summed E-state index contributed by atoms with van der Waals surface area (Å²) >= 11 is 3.22. The van der Waals surface area contributed by atoms with Gasteiger partial charge >= 0.3 is 0 Å². The first-order chi connectivity index (χ1) is 11.2. The van der Waals surface area contributed by atoms with Gasteiger partial charge in [0.15, 0.2) is 4.67 Å². The Hall–Kier alpha value is -2.05. The van der Waals surface area contributed by atoms with Crippen molar-refractivity contribution in [3.05, 3.63) is 52.9 Å². The van der Waals surface area contributed by atoms with Crippen LogP contribution in [0.5, 0.6) is 0 Å². The number of ether oxygens (including phenoxy) is 1. The van der Waals surface area contributed by atoms with Gasteiger partial charge in [0, 0.05) is 30.5 Å². The minimum atomic E-state index is -0.198. The van der Waals surface area contributed by atoms with E-state index in [2.05, 4.69) is 26.1 Å². The average Bonchev–Trinajstić information content (AvgIpc) is 3.00. The van der Waals surface area contributed by atoms with Crippen LogP contribution in [0.3, 0.4) is 0 Å². The predicted octanol–water partition coefficient (Wildman–Crippen LogP) is 3.53. The van der Waals surface area contributed by atoms with Crippen molar-refractivity contribution in [2.75, 3.05) is 36.5 Å². The van der Waals surface area contributed by atoms with E-state index in [4.69, 9.17) is 9.15 Å². The maximum atomic E-state index is 11.9. The number of amides is 1. The SMILES string of the molecule is O=C(C=Cc1ccc(Br)o1)Nc1ccc(N2CCOCC2)cc1. The van der Waals surface area contributed by atoms with Crippen molar-refractivity contribution in [1.82, 2.24) is 0 Å². The molecule has 5 nitrogen and oxygen atoms in total. The number of hydrogen-bond acceptors (Lipinski definition) is 4. The van der Waals surface area contributed by atoms with Crippen molar-refractivity contribution in [2.24, 2.45) is 0 Å². The van der Waals surface area contributed by atoms with Gasteiger partial charge in [0.25, 0.3) is 0 Å². The fourth-order valence-corrected chi connectivity index (χ4v) is 2.66. The topological polar surface area (TPSA) is 54.7 Å². The molecular weight excluding hydrogens is 360 g/mol. The Morgan fingerprint density at radius 2 is 1.87 bits per heavy atom. The maximum Gasteiger partial charge on any atom is 0.248 e. The van der Waals surface area contributed by atoms with Crippen LogP contribution in [0, 0.1) is 0 Å². The third-order valence-corrected chi connectivity index (χ3v) is 3.93. The van der Waals surface area contributed by atoms with Crippen molar-refractivity contribution in [2.45, 2.75) is 0 Å². The Bertz CT molecular complexity index is 688. The van der Waals surface area contributed by atoms with Gasteiger partial charge < -0.3 is 19.4 Å². The van der Waals surface area contributed by atoms with Crippen LogP contribution in [-0.2, 0) is 9.53 Å². The fourth-order valence-electron chi connectivity index (χ4n) is 2.34. The molecule has 1 N–H and O–H groups in total. The van der Waals surface area contributed by atoms with Gasteiger partial charge in [0.2, 0.25) is 5.91 Å². The molecule has 1 saturated heterocycles. The second-order valence-corrected chi connectivity index (χ2v) is 5.89. The van der Waals surface area contributed by atoms with Crippen molar-refractivity contribution in [3.8, 4) is 0 Å². The molecular formula is C17H17BrN2O3. The molecule has 1 aromatic heterocycles. The number of halogens is 1. The van der Waals surface area contributed by atoms with Crippen LogP contribution in [0.2, 0.25) is 0 Å². The summed E-state index contributed by atoms with van der Waals surface area (Å²) in [6.45, 7) is 3.30. The predicted molar refractivity (Wildman–Crippen MR) is 93.5 cm³/mol. The van der Waals surface area contributed by atoms with Crippen LogP contribution >= 0.6 is 15.9 Å². The summed E-state index contributed by atoms with van der Waals surface area (Å²) < 4.78 is 11.3. The van der Waals surface area contributed by atoms with E-state index in [1.54, 1.807) is 18.2 Å². The quantitative estimate of drug-likeness (QED) is 0.829. The Balaban J connectivity index is 1.57. The molecule has 2 aromatic rings. The van der Waals surface area contributed by atoms with Crippen molar-refractivity contribution in [3.63, 3.8) is 0 Å². The van der Waals surface area contributed by atoms with Gasteiger partial charge in [-0.25, -0.2) is 0 Å². The van der Waals surface area contributed by atoms with Gasteiger partial charge in [-0.15, -0.1) is 0 Å². The number of anilines is 2. The zero-order chi connectivity index (χ0) is 16.1. The third kappa shape index (κ3) is 4.46. The zero-order valence-electron chi connectivity index (χ0n) is 12.5. The first kappa shape index (κ1) is 15.8. The molecule has 0 saturated carbocycles. The number of carbonyl (C=O) groups excluding carboxylic acids is 1. The molecule has 0 unspecified atom stereocenters. The number of furan rings is 1. The molecule has 0 spiro atoms. The summed E-state index contributed by atoms with van der Waals surface area (Å²) in [6.07, 6.45) is 3.07. The fraction of sp³-hybridized carbons (Fsp3) is 0.235. The smallest absolute Gasteiger partial charge is 0.248 e. The van der Waals surface area contributed by atoms with E-state index in [-0.39, 0.29) is 5.91 Å². The standard InChI is InChI=1S/C17H17BrN2O3/c18-16-7-5-15(23-16)6-8-17(21)19-13-1-3-14(4-2-13)20-9-11-22-12-10-20/h1-8H,9-12H2,(H,19,21). The van der Waals surface area contributed by atoms with Crippen LogP contribution in [0.4, 0.5) is 11.4 Å². The highest BCUT2D eigenvalue weighted by Gasteiger charge is 2.10. The van der Waals surface area contributed by atoms with E-state index in [0.717, 1.165) is 37.7 Å². The van der Waals surface area contributed by atoms with Crippen molar-refractivity contribution < 1.29 is 13.9 Å². The summed E-state index contributed by atoms with van der Waals surface area (Å²) in [6, 6.07) is 11.4. The molecule has 2 heterocycles. The lowest BCUT2D eigenvalue weighted by Gasteiger charge is -2.28. The molecule has 0 radical (unpaired) electrons. The minimum Gasteiger partial charge on any atom is -0.450 e. The van der Waals surface area contributed by atoms with E-state index in [9.17, 15) is 4.79 Å². The van der Waals surface area contributed by atoms with Crippen LogP contribution in [0.25, 0.3) is 6.08 Å². The first-order valence-electron chi connectivity index (χ1n) is 7.38. The molecule has 6 heteroatoms. The molecule has 1 aliphatic heterocycles. The number of nitrogens with one attached hydrogen (secondary N) is 1. The Morgan fingerprint density at radius 3 is 2.52 bits per heavy atom. The van der Waals surface area contributed by atoms with Gasteiger partial charge in [0.05, 0.1) is 13.2 Å². The highest BCUT2D eigenvalue weighted by Crippen LogP contribution is 2.19. The van der Waals surface area contributed by atoms with E-state index in [1.165, 1.54) is 6.08 Å². The molecule has 0 atom stereocenters. The van der Waals surface area contributed by atoms with Gasteiger partial charge in [-0.05, 0) is 58.4 Å². The Morgan fingerprint density at radius 1 is 1.13 bits per heavy atom. The number of hydrogen-bond donors (Lipinski definition) is 1. The molecule has 1 aliphatic rings. The monoisotopic (exact) mass is 376 g/mol. The number of rotatable bonds is 4. The average molecular weight is 377 g/mol. The molecule has 23 heavy (non-hydrogen) atoms. The lowest BCUT2D eigenvalue weighted by molar-refractivity contribution is -0.111. The minimum absolute atomic E-state index is 0.198. The van der Waals surface area contributed by atoms with E-state index in [0.29, 0.717) is 10.4 Å². The summed E-state index contributed by atoms with van der Waals surface area (Å²) in [4.78, 5) is 14.2. The normalized spacial score (nSPS) is 15.1. The number of benzene rings is 1. The Labute approximate surface area is 143 Å². The maximum absolute atomic E-state index is 11.9.